The molecule has 2 aliphatic rings. The van der Waals surface area contributed by atoms with Gasteiger partial charge in [0.1, 0.15) is 0 Å². The van der Waals surface area contributed by atoms with Crippen LogP contribution in [0.2, 0.25) is 5.02 Å². The monoisotopic (exact) mass is 396 g/mol. The van der Waals surface area contributed by atoms with Crippen molar-refractivity contribution in [2.75, 3.05) is 13.4 Å². The van der Waals surface area contributed by atoms with Crippen molar-refractivity contribution in [2.24, 2.45) is 5.41 Å². The number of allylic oxidation sites excluding steroid dienone is 1. The molecule has 0 spiro atoms. The molecule has 1 aromatic rings. The first kappa shape index (κ1) is 18.8. The van der Waals surface area contributed by atoms with Crippen LogP contribution in [-0.2, 0) is 9.53 Å². The molecule has 1 aromatic carbocycles. The molecule has 2 heterocycles. The van der Waals surface area contributed by atoms with Gasteiger partial charge in [0.15, 0.2) is 16.6 Å². The van der Waals surface area contributed by atoms with E-state index in [0.29, 0.717) is 38.5 Å². The van der Waals surface area contributed by atoms with Gasteiger partial charge in [-0.1, -0.05) is 32.4 Å². The van der Waals surface area contributed by atoms with E-state index in [4.69, 9.17) is 38.0 Å². The number of rotatable bonds is 3. The Labute approximate surface area is 162 Å². The molecule has 0 saturated heterocycles. The third kappa shape index (κ3) is 3.46. The van der Waals surface area contributed by atoms with Crippen LogP contribution in [0, 0.1) is 5.41 Å². The van der Waals surface area contributed by atoms with E-state index in [1.165, 1.54) is 0 Å². The Hall–Kier alpha value is -1.99. The lowest BCUT2D eigenvalue weighted by molar-refractivity contribution is -0.139. The number of hydrogen-bond donors (Lipinski definition) is 2. The minimum atomic E-state index is -0.556. The summed E-state index contributed by atoms with van der Waals surface area (Å²) in [5, 5.41) is 7.12. The average molecular weight is 397 g/mol. The van der Waals surface area contributed by atoms with Gasteiger partial charge in [0.25, 0.3) is 0 Å². The van der Waals surface area contributed by atoms with Crippen LogP contribution in [0.4, 0.5) is 0 Å². The second-order valence-corrected chi connectivity index (χ2v) is 7.83. The van der Waals surface area contributed by atoms with E-state index in [-0.39, 0.29) is 18.8 Å². The van der Waals surface area contributed by atoms with E-state index in [1.807, 2.05) is 20.8 Å². The van der Waals surface area contributed by atoms with E-state index in [0.717, 1.165) is 0 Å². The molecule has 0 fully saturated rings. The normalized spacial score (nSPS) is 19.1. The summed E-state index contributed by atoms with van der Waals surface area (Å²) in [6, 6.07) is 2.90. The molecule has 140 valence electrons. The highest BCUT2D eigenvalue weighted by Gasteiger charge is 2.38. The van der Waals surface area contributed by atoms with Crippen molar-refractivity contribution in [1.82, 2.24) is 10.6 Å². The lowest BCUT2D eigenvalue weighted by atomic mass is 9.83. The Bertz CT molecular complexity index is 801. The fourth-order valence-electron chi connectivity index (χ4n) is 2.97. The number of ether oxygens (including phenoxy) is 3. The van der Waals surface area contributed by atoms with Crippen LogP contribution in [-0.4, -0.2) is 24.5 Å². The Morgan fingerprint density at radius 2 is 2.00 bits per heavy atom. The molecule has 8 heteroatoms. The van der Waals surface area contributed by atoms with E-state index in [9.17, 15) is 4.79 Å². The standard InChI is InChI=1S/C18H21ClN2O4S/c1-5-23-16(22)13-14(20-17(26)21-15(13)18(2,3)4)9-6-11-12(7-10(9)19)25-8-24-11/h6-7,14H,5,8H2,1-4H3,(H2,20,21,26). The van der Waals surface area contributed by atoms with Crippen LogP contribution >= 0.6 is 23.8 Å². The van der Waals surface area contributed by atoms with E-state index in [2.05, 4.69) is 10.6 Å². The smallest absolute Gasteiger partial charge is 0.338 e. The molecule has 2 aliphatic heterocycles. The molecule has 0 bridgehead atoms. The van der Waals surface area contributed by atoms with Crippen molar-refractivity contribution in [3.63, 3.8) is 0 Å². The second kappa shape index (κ2) is 6.96. The van der Waals surface area contributed by atoms with Crippen molar-refractivity contribution < 1.29 is 19.0 Å². The Balaban J connectivity index is 2.17. The van der Waals surface area contributed by atoms with Crippen molar-refractivity contribution in [2.45, 2.75) is 33.7 Å². The van der Waals surface area contributed by atoms with Gasteiger partial charge in [0, 0.05) is 22.7 Å². The van der Waals surface area contributed by atoms with Gasteiger partial charge in [0.05, 0.1) is 23.2 Å². The maximum Gasteiger partial charge on any atom is 0.338 e. The first-order chi connectivity index (χ1) is 12.2. The van der Waals surface area contributed by atoms with Gasteiger partial charge < -0.3 is 24.8 Å². The van der Waals surface area contributed by atoms with Crippen LogP contribution in [0.15, 0.2) is 23.4 Å². The van der Waals surface area contributed by atoms with Gasteiger partial charge in [0.2, 0.25) is 6.79 Å². The number of benzene rings is 1. The highest BCUT2D eigenvalue weighted by atomic mass is 35.5. The molecule has 0 saturated carbocycles. The minimum absolute atomic E-state index is 0.140. The SMILES string of the molecule is CCOC(=O)C1=C(C(C)(C)C)NC(=S)NC1c1cc2c(cc1Cl)OCO2. The predicted molar refractivity (Wildman–Crippen MR) is 102 cm³/mol. The van der Waals surface area contributed by atoms with Crippen molar-refractivity contribution in [1.29, 1.82) is 0 Å². The van der Waals surface area contributed by atoms with Gasteiger partial charge in [-0.3, -0.25) is 0 Å². The first-order valence-electron chi connectivity index (χ1n) is 8.30. The molecule has 26 heavy (non-hydrogen) atoms. The van der Waals surface area contributed by atoms with Gasteiger partial charge in [-0.2, -0.15) is 0 Å². The summed E-state index contributed by atoms with van der Waals surface area (Å²) >= 11 is 11.9. The Morgan fingerprint density at radius 1 is 1.35 bits per heavy atom. The number of esters is 1. The highest BCUT2D eigenvalue weighted by Crippen LogP contribution is 2.43. The van der Waals surface area contributed by atoms with Gasteiger partial charge in [-0.25, -0.2) is 4.79 Å². The minimum Gasteiger partial charge on any atom is -0.463 e. The average Bonchev–Trinajstić information content (AvgIpc) is 2.99. The predicted octanol–water partition coefficient (Wildman–Crippen LogP) is 3.45. The lowest BCUT2D eigenvalue weighted by Gasteiger charge is -2.36. The fourth-order valence-corrected chi connectivity index (χ4v) is 3.45. The molecule has 0 aliphatic carbocycles. The molecular formula is C18H21ClN2O4S. The van der Waals surface area contributed by atoms with Crippen molar-refractivity contribution >= 4 is 34.9 Å². The fraction of sp³-hybridized carbons (Fsp3) is 0.444. The number of carbonyl (C=O) groups excluding carboxylic acids is 1. The molecule has 1 unspecified atom stereocenters. The number of nitrogens with one attached hydrogen (secondary N) is 2. The maximum absolute atomic E-state index is 12.8. The van der Waals surface area contributed by atoms with Crippen LogP contribution in [0.5, 0.6) is 11.5 Å². The number of thiocarbonyl (C=S) groups is 1. The summed E-state index contributed by atoms with van der Waals surface area (Å²) in [4.78, 5) is 12.8. The summed E-state index contributed by atoms with van der Waals surface area (Å²) in [6.45, 7) is 8.18. The van der Waals surface area contributed by atoms with Crippen LogP contribution in [0.25, 0.3) is 0 Å². The van der Waals surface area contributed by atoms with Crippen LogP contribution in [0.1, 0.15) is 39.3 Å². The highest BCUT2D eigenvalue weighted by molar-refractivity contribution is 7.80. The van der Waals surface area contributed by atoms with Gasteiger partial charge in [-0.05, 0) is 25.2 Å². The molecule has 3 rings (SSSR count). The zero-order chi connectivity index (χ0) is 19.1. The Morgan fingerprint density at radius 3 is 2.62 bits per heavy atom. The number of halogens is 1. The number of hydrogen-bond acceptors (Lipinski definition) is 5. The quantitative estimate of drug-likeness (QED) is 0.599. The molecule has 0 radical (unpaired) electrons. The zero-order valence-electron chi connectivity index (χ0n) is 15.1. The summed E-state index contributed by atoms with van der Waals surface area (Å²) in [5.41, 5.74) is 1.48. The van der Waals surface area contributed by atoms with E-state index < -0.39 is 12.0 Å². The third-order valence-corrected chi connectivity index (χ3v) is 4.67. The van der Waals surface area contributed by atoms with Crippen molar-refractivity contribution in [3.8, 4) is 11.5 Å². The summed E-state index contributed by atoms with van der Waals surface area (Å²) in [5.74, 6) is 0.739. The molecule has 1 atom stereocenters. The molecular weight excluding hydrogens is 376 g/mol. The van der Waals surface area contributed by atoms with Crippen molar-refractivity contribution in [3.05, 3.63) is 34.0 Å². The molecule has 0 aromatic heterocycles. The maximum atomic E-state index is 12.8. The van der Waals surface area contributed by atoms with E-state index in [1.54, 1.807) is 19.1 Å². The lowest BCUT2D eigenvalue weighted by Crippen LogP contribution is -2.48. The summed E-state index contributed by atoms with van der Waals surface area (Å²) in [7, 11) is 0. The van der Waals surface area contributed by atoms with Gasteiger partial charge in [-0.15, -0.1) is 0 Å². The summed E-state index contributed by atoms with van der Waals surface area (Å²) in [6.07, 6.45) is 0. The Kier molecular flexibility index (Phi) is 5.03. The van der Waals surface area contributed by atoms with Crippen LogP contribution in [0.3, 0.4) is 0 Å². The second-order valence-electron chi connectivity index (χ2n) is 7.02. The number of fused-ring (bicyclic) bond motifs is 1. The van der Waals surface area contributed by atoms with Gasteiger partial charge >= 0.3 is 5.97 Å². The molecule has 6 nitrogen and oxygen atoms in total. The molecule has 0 amide bonds. The molecule has 2 N–H and O–H groups in total. The third-order valence-electron chi connectivity index (χ3n) is 4.12. The summed E-state index contributed by atoms with van der Waals surface area (Å²) < 4.78 is 16.1. The van der Waals surface area contributed by atoms with E-state index >= 15 is 0 Å². The number of carbonyl (C=O) groups is 1. The van der Waals surface area contributed by atoms with Crippen LogP contribution < -0.4 is 20.1 Å². The zero-order valence-corrected chi connectivity index (χ0v) is 16.6. The largest absolute Gasteiger partial charge is 0.463 e. The first-order valence-corrected chi connectivity index (χ1v) is 9.09. The topological polar surface area (TPSA) is 68.8 Å².